The van der Waals surface area contributed by atoms with E-state index in [1.807, 2.05) is 66.0 Å². The molecular formula is C19H13N3OS. The Bertz CT molecular complexity index is 1010. The molecule has 5 heteroatoms. The molecule has 2 aromatic carbocycles. The van der Waals surface area contributed by atoms with E-state index in [4.69, 9.17) is 0 Å². The fourth-order valence-corrected chi connectivity index (χ4v) is 3.25. The van der Waals surface area contributed by atoms with E-state index < -0.39 is 0 Å². The third-order valence-electron chi connectivity index (χ3n) is 3.69. The van der Waals surface area contributed by atoms with Crippen LogP contribution >= 0.6 is 11.3 Å². The van der Waals surface area contributed by atoms with E-state index in [0.29, 0.717) is 10.7 Å². The topological polar surface area (TPSA) is 54.9 Å². The zero-order valence-electron chi connectivity index (χ0n) is 12.6. The number of rotatable bonds is 3. The second-order valence-electron chi connectivity index (χ2n) is 5.23. The quantitative estimate of drug-likeness (QED) is 0.596. The first kappa shape index (κ1) is 14.5. The molecule has 1 N–H and O–H groups in total. The summed E-state index contributed by atoms with van der Waals surface area (Å²) >= 11 is 1.39. The smallest absolute Gasteiger partial charge is 0.258 e. The minimum Gasteiger partial charge on any atom is -0.298 e. The highest BCUT2D eigenvalue weighted by molar-refractivity contribution is 7.14. The van der Waals surface area contributed by atoms with Crippen molar-refractivity contribution in [1.82, 2.24) is 9.97 Å². The van der Waals surface area contributed by atoms with E-state index in [1.54, 1.807) is 6.20 Å². The third kappa shape index (κ3) is 2.77. The van der Waals surface area contributed by atoms with E-state index in [-0.39, 0.29) is 5.91 Å². The maximum atomic E-state index is 12.6. The summed E-state index contributed by atoms with van der Waals surface area (Å²) in [6.07, 6.45) is 1.73. The average Bonchev–Trinajstić information content (AvgIpc) is 3.10. The molecule has 2 heterocycles. The van der Waals surface area contributed by atoms with Crippen molar-refractivity contribution in [3.05, 3.63) is 77.8 Å². The van der Waals surface area contributed by atoms with Crippen molar-refractivity contribution in [2.75, 3.05) is 5.32 Å². The Morgan fingerprint density at radius 2 is 1.75 bits per heavy atom. The predicted molar refractivity (Wildman–Crippen MR) is 97.2 cm³/mol. The number of amides is 1. The number of hydrogen-bond donors (Lipinski definition) is 1. The highest BCUT2D eigenvalue weighted by Crippen LogP contribution is 2.25. The number of thiazole rings is 1. The van der Waals surface area contributed by atoms with Crippen molar-refractivity contribution in [3.8, 4) is 11.4 Å². The van der Waals surface area contributed by atoms with E-state index in [2.05, 4.69) is 15.3 Å². The second kappa shape index (κ2) is 6.22. The number of anilines is 1. The van der Waals surface area contributed by atoms with Crippen LogP contribution in [0.2, 0.25) is 0 Å². The van der Waals surface area contributed by atoms with E-state index in [0.717, 1.165) is 22.2 Å². The Balaban J connectivity index is 1.61. The van der Waals surface area contributed by atoms with E-state index in [9.17, 15) is 4.79 Å². The van der Waals surface area contributed by atoms with Gasteiger partial charge in [-0.15, -0.1) is 11.3 Å². The number of nitrogens with one attached hydrogen (secondary N) is 1. The molecule has 0 aliphatic carbocycles. The number of aromatic nitrogens is 2. The summed E-state index contributed by atoms with van der Waals surface area (Å²) in [7, 11) is 0. The molecule has 0 saturated carbocycles. The summed E-state index contributed by atoms with van der Waals surface area (Å²) in [5, 5.41) is 7.30. The summed E-state index contributed by atoms with van der Waals surface area (Å²) in [6, 6.07) is 19.2. The summed E-state index contributed by atoms with van der Waals surface area (Å²) in [5.74, 6) is -0.159. The molecule has 0 unspecified atom stereocenters. The molecule has 0 aliphatic rings. The minimum absolute atomic E-state index is 0.159. The Kier molecular flexibility index (Phi) is 3.76. The highest BCUT2D eigenvalue weighted by atomic mass is 32.1. The molecule has 4 rings (SSSR count). The number of hydrogen-bond acceptors (Lipinski definition) is 4. The average molecular weight is 331 g/mol. The molecule has 0 atom stereocenters. The minimum atomic E-state index is -0.159. The highest BCUT2D eigenvalue weighted by Gasteiger charge is 2.12. The SMILES string of the molecule is O=C(Nc1nc(-c2ccccn2)cs1)c1cccc2ccccc12. The normalized spacial score (nSPS) is 10.7. The Morgan fingerprint density at radius 3 is 2.62 bits per heavy atom. The standard InChI is InChI=1S/C19H13N3OS/c23-18(15-9-5-7-13-6-1-2-8-14(13)15)22-19-21-17(12-24-19)16-10-3-4-11-20-16/h1-12H,(H,21,22,23). The number of carbonyl (C=O) groups is 1. The lowest BCUT2D eigenvalue weighted by molar-refractivity contribution is 0.102. The monoisotopic (exact) mass is 331 g/mol. The number of benzene rings is 2. The van der Waals surface area contributed by atoms with Crippen LogP contribution in [0.4, 0.5) is 5.13 Å². The molecule has 0 fully saturated rings. The molecule has 0 bridgehead atoms. The van der Waals surface area contributed by atoms with Crippen LogP contribution in [0.25, 0.3) is 22.2 Å². The molecular weight excluding hydrogens is 318 g/mol. The molecule has 24 heavy (non-hydrogen) atoms. The zero-order chi connectivity index (χ0) is 16.4. The van der Waals surface area contributed by atoms with Crippen molar-refractivity contribution in [1.29, 1.82) is 0 Å². The second-order valence-corrected chi connectivity index (χ2v) is 6.09. The van der Waals surface area contributed by atoms with Gasteiger partial charge in [-0.2, -0.15) is 0 Å². The van der Waals surface area contributed by atoms with E-state index >= 15 is 0 Å². The molecule has 0 radical (unpaired) electrons. The Labute approximate surface area is 142 Å². The molecule has 0 spiro atoms. The summed E-state index contributed by atoms with van der Waals surface area (Å²) in [5.41, 5.74) is 2.19. The number of nitrogens with zero attached hydrogens (tertiary/aromatic N) is 2. The lowest BCUT2D eigenvalue weighted by Gasteiger charge is -2.05. The van der Waals surface area contributed by atoms with Gasteiger partial charge in [0.2, 0.25) is 0 Å². The van der Waals surface area contributed by atoms with Gasteiger partial charge in [0.1, 0.15) is 5.69 Å². The number of fused-ring (bicyclic) bond motifs is 1. The van der Waals surface area contributed by atoms with Gasteiger partial charge in [-0.05, 0) is 29.0 Å². The summed E-state index contributed by atoms with van der Waals surface area (Å²) < 4.78 is 0. The number of pyridine rings is 1. The summed E-state index contributed by atoms with van der Waals surface area (Å²) in [6.45, 7) is 0. The molecule has 0 saturated heterocycles. The van der Waals surface area contributed by atoms with E-state index in [1.165, 1.54) is 11.3 Å². The fraction of sp³-hybridized carbons (Fsp3) is 0. The van der Waals surface area contributed by atoms with Gasteiger partial charge in [0.25, 0.3) is 5.91 Å². The Hall–Kier alpha value is -3.05. The van der Waals surface area contributed by atoms with Crippen LogP contribution in [0.1, 0.15) is 10.4 Å². The molecule has 0 aliphatic heterocycles. The van der Waals surface area contributed by atoms with Crippen molar-refractivity contribution in [2.45, 2.75) is 0 Å². The maximum absolute atomic E-state index is 12.6. The van der Waals surface area contributed by atoms with Gasteiger partial charge in [-0.3, -0.25) is 15.1 Å². The van der Waals surface area contributed by atoms with Crippen LogP contribution < -0.4 is 5.32 Å². The molecule has 4 aromatic rings. The van der Waals surface area contributed by atoms with Crippen molar-refractivity contribution in [2.24, 2.45) is 0 Å². The van der Waals surface area contributed by atoms with Gasteiger partial charge < -0.3 is 0 Å². The van der Waals surface area contributed by atoms with Crippen LogP contribution in [0, 0.1) is 0 Å². The van der Waals surface area contributed by atoms with Gasteiger partial charge in [-0.25, -0.2) is 4.98 Å². The molecule has 4 nitrogen and oxygen atoms in total. The third-order valence-corrected chi connectivity index (χ3v) is 4.44. The fourth-order valence-electron chi connectivity index (χ4n) is 2.55. The van der Waals surface area contributed by atoms with Crippen LogP contribution in [0.15, 0.2) is 72.2 Å². The molecule has 2 aromatic heterocycles. The maximum Gasteiger partial charge on any atom is 0.258 e. The van der Waals surface area contributed by atoms with Gasteiger partial charge in [-0.1, -0.05) is 42.5 Å². The predicted octanol–water partition coefficient (Wildman–Crippen LogP) is 4.61. The lowest BCUT2D eigenvalue weighted by Crippen LogP contribution is -2.12. The number of carbonyl (C=O) groups excluding carboxylic acids is 1. The van der Waals surface area contributed by atoms with Gasteiger partial charge in [0.05, 0.1) is 5.69 Å². The first-order valence-electron chi connectivity index (χ1n) is 7.47. The van der Waals surface area contributed by atoms with Crippen LogP contribution in [-0.2, 0) is 0 Å². The van der Waals surface area contributed by atoms with Gasteiger partial charge >= 0.3 is 0 Å². The van der Waals surface area contributed by atoms with Crippen LogP contribution in [-0.4, -0.2) is 15.9 Å². The first-order chi connectivity index (χ1) is 11.8. The van der Waals surface area contributed by atoms with Crippen LogP contribution in [0.3, 0.4) is 0 Å². The van der Waals surface area contributed by atoms with Crippen molar-refractivity contribution in [3.63, 3.8) is 0 Å². The van der Waals surface area contributed by atoms with Crippen molar-refractivity contribution >= 4 is 33.1 Å². The zero-order valence-corrected chi connectivity index (χ0v) is 13.5. The molecule has 116 valence electrons. The van der Waals surface area contributed by atoms with Crippen molar-refractivity contribution < 1.29 is 4.79 Å². The largest absolute Gasteiger partial charge is 0.298 e. The van der Waals surface area contributed by atoms with Gasteiger partial charge in [0, 0.05) is 17.1 Å². The summed E-state index contributed by atoms with van der Waals surface area (Å²) in [4.78, 5) is 21.3. The molecule has 1 amide bonds. The lowest BCUT2D eigenvalue weighted by atomic mass is 10.0. The van der Waals surface area contributed by atoms with Crippen LogP contribution in [0.5, 0.6) is 0 Å². The Morgan fingerprint density at radius 1 is 0.917 bits per heavy atom. The first-order valence-corrected chi connectivity index (χ1v) is 8.35. The van der Waals surface area contributed by atoms with Gasteiger partial charge in [0.15, 0.2) is 5.13 Å².